The molecule has 3 N–H and O–H groups in total. The van der Waals surface area contributed by atoms with Crippen LogP contribution in [-0.4, -0.2) is 32.5 Å². The van der Waals surface area contributed by atoms with Gasteiger partial charge in [-0.25, -0.2) is 0 Å². The van der Waals surface area contributed by atoms with Crippen molar-refractivity contribution in [3.05, 3.63) is 76.9 Å². The zero-order valence-corrected chi connectivity index (χ0v) is 19.9. The van der Waals surface area contributed by atoms with Gasteiger partial charge < -0.3 is 10.1 Å². The molecule has 4 rings (SSSR count). The molecule has 1 heterocycles. The van der Waals surface area contributed by atoms with Crippen molar-refractivity contribution >= 4 is 32.4 Å². The van der Waals surface area contributed by atoms with E-state index in [9.17, 15) is 25.9 Å². The number of benzene rings is 3. The van der Waals surface area contributed by atoms with Crippen molar-refractivity contribution < 1.29 is 30.7 Å². The Labute approximate surface area is 198 Å². The van der Waals surface area contributed by atoms with E-state index in [1.807, 2.05) is 12.1 Å². The Balaban J connectivity index is 1.87. The summed E-state index contributed by atoms with van der Waals surface area (Å²) < 4.78 is 73.8. The molecular formula is C24H23NO7S2. The standard InChI is InChI=1S/C24H23NO7S2/c1-2-32-19-12-11-16(23(13-19)33(26,27)28)9-10-17-5-3-8-21(24(17)34(29,30)31)20-7-4-6-18-14-25-15-22(18)20/h3-13,25H,2,14-15H2,1H3,(H,26,27,28)(H,29,30,31). The van der Waals surface area contributed by atoms with Gasteiger partial charge in [0, 0.05) is 24.7 Å². The minimum Gasteiger partial charge on any atom is -0.494 e. The summed E-state index contributed by atoms with van der Waals surface area (Å²) in [5.41, 5.74) is 3.32. The molecule has 0 bridgehead atoms. The van der Waals surface area contributed by atoms with E-state index in [2.05, 4.69) is 5.32 Å². The van der Waals surface area contributed by atoms with Gasteiger partial charge in [-0.2, -0.15) is 16.8 Å². The highest BCUT2D eigenvalue weighted by Gasteiger charge is 2.24. The Hall–Kier alpha value is -3.02. The Morgan fingerprint density at radius 3 is 2.29 bits per heavy atom. The largest absolute Gasteiger partial charge is 0.494 e. The van der Waals surface area contributed by atoms with Crippen LogP contribution in [0.1, 0.15) is 29.2 Å². The number of nitrogens with one attached hydrogen (secondary N) is 1. The average molecular weight is 502 g/mol. The lowest BCUT2D eigenvalue weighted by Gasteiger charge is -2.14. The molecule has 10 heteroatoms. The fourth-order valence-corrected chi connectivity index (χ4v) is 5.67. The molecule has 0 spiro atoms. The number of hydrogen-bond donors (Lipinski definition) is 3. The summed E-state index contributed by atoms with van der Waals surface area (Å²) in [5.74, 6) is 0.263. The van der Waals surface area contributed by atoms with Crippen molar-refractivity contribution in [2.45, 2.75) is 29.8 Å². The van der Waals surface area contributed by atoms with E-state index < -0.39 is 20.2 Å². The van der Waals surface area contributed by atoms with Gasteiger partial charge in [0.15, 0.2) is 0 Å². The van der Waals surface area contributed by atoms with Gasteiger partial charge in [-0.05, 0) is 46.9 Å². The lowest BCUT2D eigenvalue weighted by molar-refractivity contribution is 0.339. The zero-order valence-electron chi connectivity index (χ0n) is 18.2. The third-order valence-corrected chi connectivity index (χ3v) is 7.38. The van der Waals surface area contributed by atoms with Crippen LogP contribution in [0, 0.1) is 0 Å². The van der Waals surface area contributed by atoms with Crippen molar-refractivity contribution in [1.82, 2.24) is 5.32 Å². The summed E-state index contributed by atoms with van der Waals surface area (Å²) >= 11 is 0. The number of fused-ring (bicyclic) bond motifs is 1. The highest BCUT2D eigenvalue weighted by molar-refractivity contribution is 7.86. The van der Waals surface area contributed by atoms with Gasteiger partial charge in [0.2, 0.25) is 0 Å². The molecule has 1 aliphatic rings. The summed E-state index contributed by atoms with van der Waals surface area (Å²) in [6.45, 7) is 3.28. The smallest absolute Gasteiger partial charge is 0.295 e. The van der Waals surface area contributed by atoms with Gasteiger partial charge >= 0.3 is 0 Å². The van der Waals surface area contributed by atoms with Crippen LogP contribution in [0.3, 0.4) is 0 Å². The molecule has 3 aromatic rings. The monoisotopic (exact) mass is 501 g/mol. The van der Waals surface area contributed by atoms with Gasteiger partial charge in [0.05, 0.1) is 6.61 Å². The summed E-state index contributed by atoms with van der Waals surface area (Å²) in [7, 11) is -9.23. The van der Waals surface area contributed by atoms with E-state index in [0.29, 0.717) is 30.8 Å². The minimum absolute atomic E-state index is 0.127. The van der Waals surface area contributed by atoms with E-state index in [1.54, 1.807) is 25.1 Å². The Kier molecular flexibility index (Phi) is 6.61. The molecule has 0 amide bonds. The topological polar surface area (TPSA) is 130 Å². The third-order valence-electron chi connectivity index (χ3n) is 5.50. The van der Waals surface area contributed by atoms with Crippen molar-refractivity contribution in [2.24, 2.45) is 0 Å². The van der Waals surface area contributed by atoms with Crippen molar-refractivity contribution in [3.63, 3.8) is 0 Å². The SMILES string of the molecule is CCOc1ccc(C=Cc2cccc(-c3cccc4c3CNC4)c2S(=O)(=O)O)c(S(=O)(=O)O)c1. The molecule has 0 saturated carbocycles. The van der Waals surface area contributed by atoms with Gasteiger partial charge in [-0.1, -0.05) is 48.6 Å². The van der Waals surface area contributed by atoms with Gasteiger partial charge in [0.1, 0.15) is 15.5 Å². The molecule has 1 aliphatic heterocycles. The van der Waals surface area contributed by atoms with Gasteiger partial charge in [0.25, 0.3) is 20.2 Å². The molecule has 0 fully saturated rings. The maximum absolute atomic E-state index is 12.5. The quantitative estimate of drug-likeness (QED) is 0.327. The summed E-state index contributed by atoms with van der Waals surface area (Å²) in [4.78, 5) is -0.669. The predicted octanol–water partition coefficient (Wildman–Crippen LogP) is 4.02. The van der Waals surface area contributed by atoms with Crippen molar-refractivity contribution in [1.29, 1.82) is 0 Å². The predicted molar refractivity (Wildman–Crippen MR) is 129 cm³/mol. The van der Waals surface area contributed by atoms with Crippen molar-refractivity contribution in [3.8, 4) is 16.9 Å². The second kappa shape index (κ2) is 9.32. The van der Waals surface area contributed by atoms with E-state index in [-0.39, 0.29) is 26.7 Å². The summed E-state index contributed by atoms with van der Waals surface area (Å²) in [5, 5.41) is 3.23. The Bertz CT molecular complexity index is 1490. The summed E-state index contributed by atoms with van der Waals surface area (Å²) in [6.07, 6.45) is 2.75. The normalized spacial score (nSPS) is 13.9. The molecule has 8 nitrogen and oxygen atoms in total. The first kappa shape index (κ1) is 24.1. The van der Waals surface area contributed by atoms with E-state index >= 15 is 0 Å². The maximum atomic E-state index is 12.5. The molecule has 0 atom stereocenters. The summed E-state index contributed by atoms with van der Waals surface area (Å²) in [6, 6.07) is 14.5. The first-order valence-electron chi connectivity index (χ1n) is 10.4. The molecule has 34 heavy (non-hydrogen) atoms. The molecule has 0 unspecified atom stereocenters. The first-order chi connectivity index (χ1) is 16.1. The molecule has 178 valence electrons. The fraction of sp³-hybridized carbons (Fsp3) is 0.167. The number of ether oxygens (including phenoxy) is 1. The fourth-order valence-electron chi connectivity index (χ4n) is 4.08. The van der Waals surface area contributed by atoms with Crippen LogP contribution in [0.15, 0.2) is 64.4 Å². The van der Waals surface area contributed by atoms with Crippen LogP contribution in [-0.2, 0) is 33.3 Å². The lowest BCUT2D eigenvalue weighted by Crippen LogP contribution is -2.05. The van der Waals surface area contributed by atoms with Gasteiger partial charge in [-0.15, -0.1) is 0 Å². The van der Waals surface area contributed by atoms with Crippen LogP contribution in [0.25, 0.3) is 23.3 Å². The van der Waals surface area contributed by atoms with E-state index in [0.717, 1.165) is 11.1 Å². The molecule has 0 radical (unpaired) electrons. The van der Waals surface area contributed by atoms with Gasteiger partial charge in [-0.3, -0.25) is 9.11 Å². The Morgan fingerprint density at radius 1 is 0.882 bits per heavy atom. The lowest BCUT2D eigenvalue weighted by atomic mass is 9.95. The Morgan fingerprint density at radius 2 is 1.59 bits per heavy atom. The van der Waals surface area contributed by atoms with Crippen molar-refractivity contribution in [2.75, 3.05) is 6.61 Å². The van der Waals surface area contributed by atoms with Crippen LogP contribution < -0.4 is 10.1 Å². The second-order valence-corrected chi connectivity index (χ2v) is 10.4. The average Bonchev–Trinajstić information content (AvgIpc) is 3.26. The minimum atomic E-state index is -4.65. The molecular weight excluding hydrogens is 478 g/mol. The maximum Gasteiger partial charge on any atom is 0.295 e. The first-order valence-corrected chi connectivity index (χ1v) is 13.3. The second-order valence-electron chi connectivity index (χ2n) is 7.69. The number of hydrogen-bond acceptors (Lipinski definition) is 6. The van der Waals surface area contributed by atoms with Crippen LogP contribution in [0.5, 0.6) is 5.75 Å². The molecule has 0 saturated heterocycles. The highest BCUT2D eigenvalue weighted by Crippen LogP contribution is 2.36. The zero-order chi connectivity index (χ0) is 24.5. The van der Waals surface area contributed by atoms with E-state index in [4.69, 9.17) is 4.74 Å². The third kappa shape index (κ3) is 4.91. The molecule has 3 aromatic carbocycles. The van der Waals surface area contributed by atoms with Crippen LogP contribution in [0.2, 0.25) is 0 Å². The molecule has 0 aliphatic carbocycles. The molecule has 0 aromatic heterocycles. The van der Waals surface area contributed by atoms with Crippen LogP contribution >= 0.6 is 0 Å². The highest BCUT2D eigenvalue weighted by atomic mass is 32.2. The number of rotatable bonds is 7. The van der Waals surface area contributed by atoms with E-state index in [1.165, 1.54) is 36.4 Å². The van der Waals surface area contributed by atoms with Crippen LogP contribution in [0.4, 0.5) is 0 Å².